The van der Waals surface area contributed by atoms with Crippen LogP contribution in [0, 0.1) is 0 Å². The SMILES string of the molecule is CC\C=C/C=C\C=C/C=C\C=C/CCCC(=O)OCC(COC(=O)CCCCCCCCCCCC/C=C\C=C/CCCCC)OC(=O)CCC\C=C/C=C\C=C/C=C\C=C/CC. The van der Waals surface area contributed by atoms with Crippen LogP contribution in [0.3, 0.4) is 0 Å². The van der Waals surface area contributed by atoms with Gasteiger partial charge in [0.1, 0.15) is 13.2 Å². The molecular weight excluding hydrogens is 781 g/mol. The zero-order chi connectivity index (χ0) is 45.8. The van der Waals surface area contributed by atoms with Gasteiger partial charge in [-0.25, -0.2) is 0 Å². The maximum absolute atomic E-state index is 12.7. The maximum Gasteiger partial charge on any atom is 0.306 e. The van der Waals surface area contributed by atoms with Crippen molar-refractivity contribution in [2.45, 2.75) is 181 Å². The van der Waals surface area contributed by atoms with Gasteiger partial charge < -0.3 is 14.2 Å². The van der Waals surface area contributed by atoms with E-state index in [1.54, 1.807) is 0 Å². The van der Waals surface area contributed by atoms with Crippen molar-refractivity contribution in [1.29, 1.82) is 0 Å². The van der Waals surface area contributed by atoms with Crippen LogP contribution in [-0.4, -0.2) is 37.2 Å². The highest BCUT2D eigenvalue weighted by Crippen LogP contribution is 2.13. The Morgan fingerprint density at radius 1 is 0.333 bits per heavy atom. The van der Waals surface area contributed by atoms with Gasteiger partial charge in [0.05, 0.1) is 0 Å². The molecule has 0 spiro atoms. The molecule has 0 aliphatic rings. The van der Waals surface area contributed by atoms with Crippen molar-refractivity contribution in [2.24, 2.45) is 0 Å². The molecule has 0 N–H and O–H groups in total. The highest BCUT2D eigenvalue weighted by Gasteiger charge is 2.19. The fourth-order valence-corrected chi connectivity index (χ4v) is 5.96. The van der Waals surface area contributed by atoms with Crippen molar-refractivity contribution in [3.63, 3.8) is 0 Å². The number of hydrogen-bond acceptors (Lipinski definition) is 6. The fraction of sp³-hybridized carbons (Fsp3) is 0.526. The van der Waals surface area contributed by atoms with E-state index < -0.39 is 12.1 Å². The van der Waals surface area contributed by atoms with Crippen LogP contribution in [-0.2, 0) is 28.6 Å². The molecule has 350 valence electrons. The Morgan fingerprint density at radius 3 is 1.05 bits per heavy atom. The van der Waals surface area contributed by atoms with Crippen LogP contribution >= 0.6 is 0 Å². The van der Waals surface area contributed by atoms with Gasteiger partial charge in [-0.05, 0) is 70.6 Å². The lowest BCUT2D eigenvalue weighted by atomic mass is 10.1. The second-order valence-corrected chi connectivity index (χ2v) is 15.5. The van der Waals surface area contributed by atoms with E-state index in [1.807, 2.05) is 109 Å². The number of hydrogen-bond donors (Lipinski definition) is 0. The molecule has 0 aliphatic carbocycles. The number of carbonyl (C=O) groups excluding carboxylic acids is 3. The molecule has 0 saturated carbocycles. The number of esters is 3. The summed E-state index contributed by atoms with van der Waals surface area (Å²) in [7, 11) is 0. The lowest BCUT2D eigenvalue weighted by molar-refractivity contribution is -0.167. The van der Waals surface area contributed by atoms with Crippen LogP contribution in [0.5, 0.6) is 0 Å². The van der Waals surface area contributed by atoms with Crippen LogP contribution in [0.2, 0.25) is 0 Å². The van der Waals surface area contributed by atoms with Crippen LogP contribution in [0.15, 0.2) is 146 Å². The lowest BCUT2D eigenvalue weighted by Gasteiger charge is -2.18. The zero-order valence-electron chi connectivity index (χ0n) is 39.8. The Balaban J connectivity index is 4.56. The summed E-state index contributed by atoms with van der Waals surface area (Å²) in [6.07, 6.45) is 71.3. The highest BCUT2D eigenvalue weighted by molar-refractivity contribution is 5.71. The van der Waals surface area contributed by atoms with E-state index >= 15 is 0 Å². The molecule has 6 nitrogen and oxygen atoms in total. The minimum Gasteiger partial charge on any atom is -0.462 e. The molecule has 0 fully saturated rings. The normalized spacial score (nSPS) is 13.4. The maximum atomic E-state index is 12.7. The summed E-state index contributed by atoms with van der Waals surface area (Å²) in [5, 5.41) is 0. The average Bonchev–Trinajstić information content (AvgIpc) is 3.28. The van der Waals surface area contributed by atoms with Gasteiger partial charge in [0.25, 0.3) is 0 Å². The van der Waals surface area contributed by atoms with E-state index in [1.165, 1.54) is 77.0 Å². The second kappa shape index (κ2) is 49.9. The molecule has 0 rings (SSSR count). The Morgan fingerprint density at radius 2 is 0.635 bits per heavy atom. The van der Waals surface area contributed by atoms with Crippen molar-refractivity contribution in [3.05, 3.63) is 146 Å². The Hall–Kier alpha value is -4.71. The van der Waals surface area contributed by atoms with E-state index in [2.05, 4.69) is 57.2 Å². The van der Waals surface area contributed by atoms with Crippen molar-refractivity contribution < 1.29 is 28.6 Å². The summed E-state index contributed by atoms with van der Waals surface area (Å²) in [4.78, 5) is 37.8. The van der Waals surface area contributed by atoms with Gasteiger partial charge in [0.2, 0.25) is 0 Å². The molecule has 0 aromatic carbocycles. The van der Waals surface area contributed by atoms with E-state index in [0.29, 0.717) is 25.7 Å². The Labute approximate surface area is 385 Å². The van der Waals surface area contributed by atoms with E-state index in [0.717, 1.165) is 38.5 Å². The third-order valence-electron chi connectivity index (χ3n) is 9.59. The highest BCUT2D eigenvalue weighted by atomic mass is 16.6. The lowest BCUT2D eigenvalue weighted by Crippen LogP contribution is -2.30. The molecular formula is C57H86O6. The molecule has 0 radical (unpaired) electrons. The van der Waals surface area contributed by atoms with Crippen LogP contribution < -0.4 is 0 Å². The number of carbonyl (C=O) groups is 3. The Bertz CT molecular complexity index is 1460. The number of allylic oxidation sites excluding steroid dienone is 24. The van der Waals surface area contributed by atoms with Gasteiger partial charge >= 0.3 is 17.9 Å². The molecule has 0 aromatic heterocycles. The van der Waals surface area contributed by atoms with Gasteiger partial charge in [0.15, 0.2) is 6.10 Å². The third-order valence-corrected chi connectivity index (χ3v) is 9.59. The molecule has 6 heteroatoms. The first-order chi connectivity index (χ1) is 31.0. The van der Waals surface area contributed by atoms with Crippen molar-refractivity contribution in [2.75, 3.05) is 13.2 Å². The molecule has 0 saturated heterocycles. The molecule has 0 bridgehead atoms. The van der Waals surface area contributed by atoms with Gasteiger partial charge in [-0.15, -0.1) is 0 Å². The Kier molecular flexibility index (Phi) is 46.2. The standard InChI is InChI=1S/C57H86O6/c1-4-7-10-13-16-19-22-25-26-27-28-29-30-33-35-38-41-44-47-50-56(59)62-53-54(63-57(60)51-48-45-42-39-36-32-24-21-18-15-12-9-6-3)52-61-55(58)49-46-43-40-37-34-31-23-20-17-14-11-8-5-2/h8-9,11-12,14-25,31-32,34,36-37,39-40,42,54H,4-7,10,13,26-30,33,35,38,41,43-53H2,1-3H3/b11-8-,12-9-,17-14-,18-15-,19-16-,23-20-,24-21-,25-22-,34-31-,36-32-,40-37-,42-39-. The summed E-state index contributed by atoms with van der Waals surface area (Å²) < 4.78 is 16.6. The fourth-order valence-electron chi connectivity index (χ4n) is 5.96. The van der Waals surface area contributed by atoms with Crippen molar-refractivity contribution in [1.82, 2.24) is 0 Å². The summed E-state index contributed by atoms with van der Waals surface area (Å²) in [6.45, 7) is 6.16. The van der Waals surface area contributed by atoms with E-state index in [-0.39, 0.29) is 38.0 Å². The first-order valence-corrected chi connectivity index (χ1v) is 24.5. The number of rotatable bonds is 41. The van der Waals surface area contributed by atoms with Gasteiger partial charge in [0, 0.05) is 19.3 Å². The predicted octanol–water partition coefficient (Wildman–Crippen LogP) is 16.1. The average molecular weight is 867 g/mol. The largest absolute Gasteiger partial charge is 0.462 e. The molecule has 0 amide bonds. The first-order valence-electron chi connectivity index (χ1n) is 24.5. The minimum atomic E-state index is -0.850. The van der Waals surface area contributed by atoms with Crippen LogP contribution in [0.1, 0.15) is 175 Å². The van der Waals surface area contributed by atoms with Crippen LogP contribution in [0.4, 0.5) is 0 Å². The molecule has 0 heterocycles. The summed E-state index contributed by atoms with van der Waals surface area (Å²) in [5.41, 5.74) is 0. The van der Waals surface area contributed by atoms with Crippen molar-refractivity contribution >= 4 is 17.9 Å². The van der Waals surface area contributed by atoms with Crippen LogP contribution in [0.25, 0.3) is 0 Å². The number of ether oxygens (including phenoxy) is 3. The minimum absolute atomic E-state index is 0.138. The summed E-state index contributed by atoms with van der Waals surface area (Å²) in [5.74, 6) is -1.11. The molecule has 63 heavy (non-hydrogen) atoms. The quantitative estimate of drug-likeness (QED) is 0.0264. The third kappa shape index (κ3) is 48.2. The van der Waals surface area contributed by atoms with Gasteiger partial charge in [-0.3, -0.25) is 14.4 Å². The monoisotopic (exact) mass is 867 g/mol. The summed E-state index contributed by atoms with van der Waals surface area (Å²) in [6, 6.07) is 0. The molecule has 1 atom stereocenters. The van der Waals surface area contributed by atoms with E-state index in [4.69, 9.17) is 14.2 Å². The molecule has 1 unspecified atom stereocenters. The van der Waals surface area contributed by atoms with Gasteiger partial charge in [-0.1, -0.05) is 231 Å². The predicted molar refractivity (Wildman–Crippen MR) is 269 cm³/mol. The topological polar surface area (TPSA) is 78.9 Å². The van der Waals surface area contributed by atoms with E-state index in [9.17, 15) is 14.4 Å². The second-order valence-electron chi connectivity index (χ2n) is 15.5. The number of unbranched alkanes of at least 4 members (excludes halogenated alkanes) is 15. The van der Waals surface area contributed by atoms with Crippen molar-refractivity contribution in [3.8, 4) is 0 Å². The summed E-state index contributed by atoms with van der Waals surface area (Å²) >= 11 is 0. The molecule has 0 aliphatic heterocycles. The van der Waals surface area contributed by atoms with Gasteiger partial charge in [-0.2, -0.15) is 0 Å². The smallest absolute Gasteiger partial charge is 0.306 e. The molecule has 0 aromatic rings. The first kappa shape index (κ1) is 58.3. The zero-order valence-corrected chi connectivity index (χ0v) is 39.8.